The SMILES string of the molecule is Cc1ccc(N=Nc2c(S(=O)(=O)O)cc3cc(S(=O)(=O)O)c(N=Nc4cc(F)c(N=Nc5cc(F)ccc5S(=O)(=O)O)cc4S(=O)(=O)O)c(O)c3c2N)cc1. The number of fused-ring (bicyclic) bond motifs is 1. The number of aryl methyl sites for hydroxylation is 1. The second-order valence-electron chi connectivity index (χ2n) is 11.0. The molecule has 0 aliphatic carbocycles. The van der Waals surface area contributed by atoms with Gasteiger partial charge in [-0.05, 0) is 54.8 Å². The van der Waals surface area contributed by atoms with E-state index in [1.54, 1.807) is 19.1 Å². The Labute approximate surface area is 308 Å². The van der Waals surface area contributed by atoms with E-state index in [0.29, 0.717) is 36.4 Å². The highest BCUT2D eigenvalue weighted by Crippen LogP contribution is 2.48. The predicted octanol–water partition coefficient (Wildman–Crippen LogP) is 6.95. The van der Waals surface area contributed by atoms with Crippen molar-refractivity contribution in [1.82, 2.24) is 0 Å². The minimum atomic E-state index is -5.44. The number of phenols is 1. The lowest BCUT2D eigenvalue weighted by atomic mass is 10.1. The van der Waals surface area contributed by atoms with E-state index in [9.17, 15) is 61.4 Å². The molecule has 0 fully saturated rings. The van der Waals surface area contributed by atoms with Crippen molar-refractivity contribution in [3.05, 3.63) is 83.9 Å². The number of azo groups is 3. The molecule has 0 aromatic heterocycles. The first-order valence-electron chi connectivity index (χ1n) is 14.3. The van der Waals surface area contributed by atoms with Crippen molar-refractivity contribution in [3.8, 4) is 5.75 Å². The molecule has 55 heavy (non-hydrogen) atoms. The molecular weight excluding hydrogens is 821 g/mol. The van der Waals surface area contributed by atoms with Gasteiger partial charge in [-0.2, -0.15) is 38.8 Å². The second kappa shape index (κ2) is 14.5. The van der Waals surface area contributed by atoms with E-state index in [4.69, 9.17) is 5.73 Å². The molecule has 0 bridgehead atoms. The summed E-state index contributed by atoms with van der Waals surface area (Å²) in [7, 11) is -21.1. The standard InChI is InChI=1S/C29H21F2N7O13S4/c1-13-2-5-16(6-3-13)33-37-27-23(54(46,47)48)8-14-9-24(55(49,50)51)28(29(39)25(14)26(27)32)38-36-20-11-17(31)18(12-22(20)53(43,44)45)34-35-19-10-15(30)4-7-21(19)52(40,41)42/h2-12,39H,32H2,1H3,(H,40,41,42)(H,43,44,45)(H,46,47,48)(H,49,50,51). The maximum absolute atomic E-state index is 15.2. The third-order valence-corrected chi connectivity index (χ3v) is 10.7. The van der Waals surface area contributed by atoms with E-state index in [-0.39, 0.29) is 11.8 Å². The molecule has 0 spiro atoms. The first kappa shape index (κ1) is 40.4. The van der Waals surface area contributed by atoms with Crippen LogP contribution in [-0.4, -0.2) is 57.0 Å². The molecule has 0 heterocycles. The molecule has 0 saturated carbocycles. The number of anilines is 1. The Hall–Kier alpha value is -5.74. The summed E-state index contributed by atoms with van der Waals surface area (Å²) in [5.41, 5.74) is 1.46. The number of nitrogen functional groups attached to an aromatic ring is 1. The van der Waals surface area contributed by atoms with Gasteiger partial charge in [-0.25, -0.2) is 8.78 Å². The summed E-state index contributed by atoms with van der Waals surface area (Å²) in [6.07, 6.45) is 0. The lowest BCUT2D eigenvalue weighted by Crippen LogP contribution is -2.04. The summed E-state index contributed by atoms with van der Waals surface area (Å²) in [5, 5.41) is 31.2. The number of nitrogens with zero attached hydrogens (tertiary/aromatic N) is 6. The highest BCUT2D eigenvalue weighted by Gasteiger charge is 2.29. The summed E-state index contributed by atoms with van der Waals surface area (Å²) in [4.78, 5) is -4.59. The van der Waals surface area contributed by atoms with Crippen molar-refractivity contribution in [2.24, 2.45) is 30.7 Å². The van der Waals surface area contributed by atoms with Gasteiger partial charge in [-0.1, -0.05) is 17.7 Å². The van der Waals surface area contributed by atoms with Gasteiger partial charge >= 0.3 is 0 Å². The van der Waals surface area contributed by atoms with Crippen LogP contribution in [0.3, 0.4) is 0 Å². The smallest absolute Gasteiger partial charge is 0.296 e. The Morgan fingerprint density at radius 1 is 0.545 bits per heavy atom. The van der Waals surface area contributed by atoms with E-state index in [1.165, 1.54) is 12.1 Å². The third-order valence-electron chi connectivity index (χ3n) is 7.20. The zero-order valence-corrected chi connectivity index (χ0v) is 30.3. The van der Waals surface area contributed by atoms with E-state index < -0.39 is 122 Å². The molecule has 288 valence electrons. The van der Waals surface area contributed by atoms with Gasteiger partial charge in [0.05, 0.1) is 16.8 Å². The number of aromatic hydroxyl groups is 1. The Morgan fingerprint density at radius 2 is 1.04 bits per heavy atom. The van der Waals surface area contributed by atoms with Crippen molar-refractivity contribution >= 4 is 91.1 Å². The Bertz CT molecular complexity index is 2980. The molecule has 0 radical (unpaired) electrons. The van der Waals surface area contributed by atoms with Gasteiger partial charge in [0.15, 0.2) is 11.6 Å². The van der Waals surface area contributed by atoms with Crippen LogP contribution in [0.1, 0.15) is 5.56 Å². The van der Waals surface area contributed by atoms with E-state index in [2.05, 4.69) is 30.7 Å². The fraction of sp³-hybridized carbons (Fsp3) is 0.0345. The maximum atomic E-state index is 15.2. The van der Waals surface area contributed by atoms with Crippen molar-refractivity contribution in [2.45, 2.75) is 26.5 Å². The van der Waals surface area contributed by atoms with Gasteiger partial charge in [0.1, 0.15) is 53.8 Å². The monoisotopic (exact) mass is 841 g/mol. The van der Waals surface area contributed by atoms with Crippen LogP contribution >= 0.6 is 0 Å². The number of hydrogen-bond donors (Lipinski definition) is 6. The highest BCUT2D eigenvalue weighted by atomic mass is 32.2. The van der Waals surface area contributed by atoms with E-state index in [1.807, 2.05) is 0 Å². The van der Waals surface area contributed by atoms with Crippen LogP contribution < -0.4 is 5.73 Å². The second-order valence-corrected chi connectivity index (χ2v) is 16.6. The molecule has 0 saturated heterocycles. The summed E-state index contributed by atoms with van der Waals surface area (Å²) in [6.45, 7) is 1.77. The molecule has 0 aliphatic rings. The quantitative estimate of drug-likeness (QED) is 0.0471. The zero-order chi connectivity index (χ0) is 40.8. The van der Waals surface area contributed by atoms with Crippen LogP contribution in [0.25, 0.3) is 10.8 Å². The summed E-state index contributed by atoms with van der Waals surface area (Å²) in [6, 6.07) is 9.66. The summed E-state index contributed by atoms with van der Waals surface area (Å²) < 4.78 is 165. The molecule has 26 heteroatoms. The van der Waals surface area contributed by atoms with Crippen LogP contribution in [0.4, 0.5) is 48.6 Å². The van der Waals surface area contributed by atoms with E-state index in [0.717, 1.165) is 5.56 Å². The largest absolute Gasteiger partial charge is 0.505 e. The molecule has 7 N–H and O–H groups in total. The van der Waals surface area contributed by atoms with Gasteiger partial charge in [0.25, 0.3) is 40.5 Å². The van der Waals surface area contributed by atoms with E-state index >= 15 is 4.39 Å². The van der Waals surface area contributed by atoms with Gasteiger partial charge < -0.3 is 10.8 Å². The number of hydrogen-bond acceptors (Lipinski definition) is 16. The van der Waals surface area contributed by atoms with Crippen LogP contribution in [0.15, 0.2) is 117 Å². The molecule has 0 amide bonds. The van der Waals surface area contributed by atoms with Crippen molar-refractivity contribution in [3.63, 3.8) is 0 Å². The number of halogens is 2. The summed E-state index contributed by atoms with van der Waals surface area (Å²) >= 11 is 0. The fourth-order valence-corrected chi connectivity index (χ4v) is 7.27. The lowest BCUT2D eigenvalue weighted by Gasteiger charge is -2.14. The van der Waals surface area contributed by atoms with Crippen LogP contribution in [-0.2, 0) is 40.5 Å². The predicted molar refractivity (Wildman–Crippen MR) is 186 cm³/mol. The topological polar surface area (TPSA) is 338 Å². The molecule has 0 unspecified atom stereocenters. The third kappa shape index (κ3) is 8.81. The number of rotatable bonds is 10. The highest BCUT2D eigenvalue weighted by molar-refractivity contribution is 7.86. The lowest BCUT2D eigenvalue weighted by molar-refractivity contribution is 0.472. The molecule has 5 aromatic carbocycles. The molecule has 20 nitrogen and oxygen atoms in total. The molecule has 5 rings (SSSR count). The van der Waals surface area contributed by atoms with Crippen LogP contribution in [0, 0.1) is 18.6 Å². The maximum Gasteiger partial charge on any atom is 0.296 e. The first-order chi connectivity index (χ1) is 25.4. The average Bonchev–Trinajstić information content (AvgIpc) is 3.05. The van der Waals surface area contributed by atoms with Crippen LogP contribution in [0.5, 0.6) is 5.75 Å². The Balaban J connectivity index is 1.71. The molecular formula is C29H21F2N7O13S4. The minimum absolute atomic E-state index is 0.179. The summed E-state index contributed by atoms with van der Waals surface area (Å²) in [5.74, 6) is -3.84. The van der Waals surface area contributed by atoms with Crippen LogP contribution in [0.2, 0.25) is 0 Å². The number of phenolic OH excluding ortho intramolecular Hbond substituents is 1. The number of benzene rings is 5. The number of nitrogens with two attached hydrogens (primary N) is 1. The normalized spacial score (nSPS) is 13.1. The van der Waals surface area contributed by atoms with Gasteiger partial charge in [0, 0.05) is 12.1 Å². The molecule has 0 aliphatic heterocycles. The van der Waals surface area contributed by atoms with Crippen molar-refractivity contribution < 1.29 is 65.8 Å². The van der Waals surface area contributed by atoms with Crippen molar-refractivity contribution in [2.75, 3.05) is 5.73 Å². The zero-order valence-electron chi connectivity index (χ0n) is 27.0. The Morgan fingerprint density at radius 3 is 1.60 bits per heavy atom. The first-order valence-corrected chi connectivity index (χ1v) is 20.1. The van der Waals surface area contributed by atoms with Crippen molar-refractivity contribution in [1.29, 1.82) is 0 Å². The van der Waals surface area contributed by atoms with Gasteiger partial charge in [-0.15, -0.1) is 25.6 Å². The Kier molecular flexibility index (Phi) is 10.7. The average molecular weight is 842 g/mol. The fourth-order valence-electron chi connectivity index (χ4n) is 4.72. The van der Waals surface area contributed by atoms with Gasteiger partial charge in [-0.3, -0.25) is 18.2 Å². The minimum Gasteiger partial charge on any atom is -0.505 e. The molecule has 5 aromatic rings. The molecule has 0 atom stereocenters. The van der Waals surface area contributed by atoms with Gasteiger partial charge in [0.2, 0.25) is 0 Å².